The first-order valence-electron chi connectivity index (χ1n) is 9.95. The van der Waals surface area contributed by atoms with Crippen LogP contribution in [0.4, 0.5) is 11.4 Å². The second-order valence-corrected chi connectivity index (χ2v) is 8.39. The molecule has 7 heteroatoms. The van der Waals surface area contributed by atoms with E-state index < -0.39 is 6.04 Å². The Balaban J connectivity index is 1.39. The number of imidazole rings is 1. The van der Waals surface area contributed by atoms with Crippen LogP contribution in [0.1, 0.15) is 43.0 Å². The Kier molecular flexibility index (Phi) is 4.88. The summed E-state index contributed by atoms with van der Waals surface area (Å²) in [4.78, 5) is 31.0. The molecular formula is C24H20N4O2S. The second kappa shape index (κ2) is 7.85. The third kappa shape index (κ3) is 3.64. The van der Waals surface area contributed by atoms with Crippen LogP contribution in [0.15, 0.2) is 72.4 Å². The molecule has 0 saturated carbocycles. The van der Waals surface area contributed by atoms with Crippen molar-refractivity contribution in [1.82, 2.24) is 9.55 Å². The van der Waals surface area contributed by atoms with Crippen LogP contribution < -0.4 is 10.6 Å². The highest BCUT2D eigenvalue weighted by molar-refractivity contribution is 7.12. The molecule has 1 amide bonds. The molecule has 154 valence electrons. The van der Waals surface area contributed by atoms with Crippen molar-refractivity contribution in [3.8, 4) is 0 Å². The molecule has 0 radical (unpaired) electrons. The molecule has 5 rings (SSSR count). The van der Waals surface area contributed by atoms with Gasteiger partial charge >= 0.3 is 0 Å². The zero-order valence-electron chi connectivity index (χ0n) is 16.8. The van der Waals surface area contributed by atoms with Crippen LogP contribution in [0.5, 0.6) is 0 Å². The summed E-state index contributed by atoms with van der Waals surface area (Å²) in [5.74, 6) is 0.471. The average Bonchev–Trinajstić information content (AvgIpc) is 3.39. The van der Waals surface area contributed by atoms with Crippen LogP contribution in [0.25, 0.3) is 0 Å². The number of Topliss-reactive ketones (excluding diaryl/α,β-unsaturated/α-hetero) is 1. The number of ketones is 1. The molecule has 2 aromatic carbocycles. The smallest absolute Gasteiger partial charge is 0.265 e. The highest BCUT2D eigenvalue weighted by Crippen LogP contribution is 2.30. The lowest BCUT2D eigenvalue weighted by Crippen LogP contribution is -2.23. The lowest BCUT2D eigenvalue weighted by atomic mass is 10.0. The van der Waals surface area contributed by atoms with Crippen molar-refractivity contribution in [2.24, 2.45) is 0 Å². The molecule has 2 N–H and O–H groups in total. The molecule has 1 unspecified atom stereocenters. The minimum atomic E-state index is -0.590. The number of carbonyl (C=O) groups is 2. The maximum absolute atomic E-state index is 13.4. The maximum atomic E-state index is 13.4. The van der Waals surface area contributed by atoms with Gasteiger partial charge < -0.3 is 15.2 Å². The number of hydrogen-bond acceptors (Lipinski definition) is 5. The van der Waals surface area contributed by atoms with E-state index in [2.05, 4.69) is 15.6 Å². The van der Waals surface area contributed by atoms with Crippen molar-refractivity contribution >= 4 is 34.4 Å². The van der Waals surface area contributed by atoms with Crippen LogP contribution in [0.2, 0.25) is 0 Å². The molecular weight excluding hydrogens is 408 g/mol. The Bertz CT molecular complexity index is 1270. The first kappa shape index (κ1) is 19.3. The summed E-state index contributed by atoms with van der Waals surface area (Å²) in [6.07, 6.45) is 3.61. The van der Waals surface area contributed by atoms with Gasteiger partial charge in [0, 0.05) is 29.3 Å². The number of thiophene rings is 1. The van der Waals surface area contributed by atoms with Gasteiger partial charge in [0.25, 0.3) is 5.91 Å². The van der Waals surface area contributed by atoms with E-state index in [1.54, 1.807) is 30.5 Å². The fourth-order valence-electron chi connectivity index (χ4n) is 3.78. The Morgan fingerprint density at radius 2 is 1.94 bits per heavy atom. The molecule has 1 aliphatic heterocycles. The first-order chi connectivity index (χ1) is 15.1. The number of fused-ring (bicyclic) bond motifs is 2. The summed E-state index contributed by atoms with van der Waals surface area (Å²) in [6, 6.07) is 16.3. The molecule has 0 fully saturated rings. The molecule has 0 aliphatic carbocycles. The molecule has 3 heterocycles. The zero-order chi connectivity index (χ0) is 21.4. The van der Waals surface area contributed by atoms with E-state index in [4.69, 9.17) is 0 Å². The van der Waals surface area contributed by atoms with Gasteiger partial charge in [0.1, 0.15) is 11.9 Å². The van der Waals surface area contributed by atoms with Crippen LogP contribution in [0.3, 0.4) is 0 Å². The SMILES string of the molecule is Cc1ccsc1C(=O)Nc1ccc(C(=O)C2Nc3ccccc3Cn3ccnc32)cc1. The van der Waals surface area contributed by atoms with Gasteiger partial charge in [0.05, 0.1) is 11.4 Å². The number of amides is 1. The lowest BCUT2D eigenvalue weighted by molar-refractivity contribution is 0.0965. The van der Waals surface area contributed by atoms with Gasteiger partial charge in [0.15, 0.2) is 5.78 Å². The summed E-state index contributed by atoms with van der Waals surface area (Å²) >= 11 is 1.41. The molecule has 0 bridgehead atoms. The maximum Gasteiger partial charge on any atom is 0.265 e. The van der Waals surface area contributed by atoms with Gasteiger partial charge in [-0.25, -0.2) is 4.98 Å². The predicted octanol–water partition coefficient (Wildman–Crippen LogP) is 4.90. The Morgan fingerprint density at radius 1 is 1.13 bits per heavy atom. The molecule has 0 spiro atoms. The highest BCUT2D eigenvalue weighted by atomic mass is 32.1. The Labute approximate surface area is 183 Å². The van der Waals surface area contributed by atoms with Gasteiger partial charge in [-0.05, 0) is 59.8 Å². The number of rotatable bonds is 4. The number of benzene rings is 2. The van der Waals surface area contributed by atoms with Gasteiger partial charge in [0.2, 0.25) is 0 Å². The summed E-state index contributed by atoms with van der Waals surface area (Å²) in [5, 5.41) is 8.16. The van der Waals surface area contributed by atoms with Crippen molar-refractivity contribution in [1.29, 1.82) is 0 Å². The van der Waals surface area contributed by atoms with Crippen molar-refractivity contribution in [3.05, 3.63) is 99.8 Å². The minimum Gasteiger partial charge on any atom is -0.369 e. The summed E-state index contributed by atoms with van der Waals surface area (Å²) in [7, 11) is 0. The Morgan fingerprint density at radius 3 is 2.71 bits per heavy atom. The van der Waals surface area contributed by atoms with Gasteiger partial charge in [-0.1, -0.05) is 18.2 Å². The number of aryl methyl sites for hydroxylation is 1. The van der Waals surface area contributed by atoms with Crippen LogP contribution in [-0.2, 0) is 6.54 Å². The number of aromatic nitrogens is 2. The predicted molar refractivity (Wildman–Crippen MR) is 122 cm³/mol. The summed E-state index contributed by atoms with van der Waals surface area (Å²) in [6.45, 7) is 2.57. The van der Waals surface area contributed by atoms with E-state index in [1.165, 1.54) is 11.3 Å². The van der Waals surface area contributed by atoms with Crippen LogP contribution in [0, 0.1) is 6.92 Å². The number of anilines is 2. The van der Waals surface area contributed by atoms with Crippen molar-refractivity contribution in [2.75, 3.05) is 10.6 Å². The fourth-order valence-corrected chi connectivity index (χ4v) is 4.60. The molecule has 1 atom stereocenters. The van der Waals surface area contributed by atoms with E-state index >= 15 is 0 Å². The van der Waals surface area contributed by atoms with Gasteiger partial charge in [-0.2, -0.15) is 0 Å². The highest BCUT2D eigenvalue weighted by Gasteiger charge is 2.29. The average molecular weight is 429 g/mol. The van der Waals surface area contributed by atoms with Crippen molar-refractivity contribution < 1.29 is 9.59 Å². The molecule has 6 nitrogen and oxygen atoms in total. The molecule has 4 aromatic rings. The Hall–Kier alpha value is -3.71. The molecule has 1 aliphatic rings. The standard InChI is InChI=1S/C24H20N4O2S/c1-15-10-13-31-22(15)24(30)26-18-8-6-16(7-9-18)21(29)20-23-25-11-12-28(23)14-17-4-2-3-5-19(17)27-20/h2-13,20,27H,14H2,1H3,(H,26,30). The summed E-state index contributed by atoms with van der Waals surface area (Å²) < 4.78 is 2.00. The quantitative estimate of drug-likeness (QED) is 0.453. The van der Waals surface area contributed by atoms with Crippen LogP contribution in [-0.4, -0.2) is 21.2 Å². The lowest BCUT2D eigenvalue weighted by Gasteiger charge is -2.17. The van der Waals surface area contributed by atoms with E-state index in [0.717, 1.165) is 16.8 Å². The third-order valence-electron chi connectivity index (χ3n) is 5.42. The number of carbonyl (C=O) groups excluding carboxylic acids is 2. The van der Waals surface area contributed by atoms with E-state index in [1.807, 2.05) is 53.4 Å². The fraction of sp³-hybridized carbons (Fsp3) is 0.125. The normalized spacial score (nSPS) is 14.7. The first-order valence-corrected chi connectivity index (χ1v) is 10.8. The molecule has 31 heavy (non-hydrogen) atoms. The molecule has 2 aromatic heterocycles. The van der Waals surface area contributed by atoms with Crippen molar-refractivity contribution in [3.63, 3.8) is 0 Å². The largest absolute Gasteiger partial charge is 0.369 e. The zero-order valence-corrected chi connectivity index (χ0v) is 17.6. The van der Waals surface area contributed by atoms with E-state index in [0.29, 0.717) is 28.5 Å². The minimum absolute atomic E-state index is 0.0730. The number of para-hydroxylation sites is 1. The van der Waals surface area contributed by atoms with Gasteiger partial charge in [-0.15, -0.1) is 11.3 Å². The van der Waals surface area contributed by atoms with E-state index in [9.17, 15) is 9.59 Å². The molecule has 0 saturated heterocycles. The topological polar surface area (TPSA) is 76.0 Å². The number of nitrogens with zero attached hydrogens (tertiary/aromatic N) is 2. The monoisotopic (exact) mass is 428 g/mol. The third-order valence-corrected chi connectivity index (χ3v) is 6.44. The second-order valence-electron chi connectivity index (χ2n) is 7.48. The summed E-state index contributed by atoms with van der Waals surface area (Å²) in [5.41, 5.74) is 4.19. The van der Waals surface area contributed by atoms with Crippen molar-refractivity contribution in [2.45, 2.75) is 19.5 Å². The number of hydrogen-bond donors (Lipinski definition) is 2. The van der Waals surface area contributed by atoms with E-state index in [-0.39, 0.29) is 11.7 Å². The number of nitrogens with one attached hydrogen (secondary N) is 2. The van der Waals surface area contributed by atoms with Crippen LogP contribution >= 0.6 is 11.3 Å². The van der Waals surface area contributed by atoms with Gasteiger partial charge in [-0.3, -0.25) is 9.59 Å².